The van der Waals surface area contributed by atoms with Crippen molar-refractivity contribution in [2.75, 3.05) is 13.2 Å². The summed E-state index contributed by atoms with van der Waals surface area (Å²) >= 11 is 0. The van der Waals surface area contributed by atoms with Gasteiger partial charge in [-0.25, -0.2) is 4.98 Å². The molecular weight excluding hydrogens is 406 g/mol. The van der Waals surface area contributed by atoms with E-state index in [1.54, 1.807) is 27.6 Å². The van der Waals surface area contributed by atoms with Crippen LogP contribution in [0.15, 0.2) is 58.4 Å². The fourth-order valence-corrected chi connectivity index (χ4v) is 4.12. The topological polar surface area (TPSA) is 75.3 Å². The Morgan fingerprint density at radius 3 is 2.28 bits per heavy atom. The summed E-state index contributed by atoms with van der Waals surface area (Å²) in [6.07, 6.45) is 6.66. The lowest BCUT2D eigenvalue weighted by Gasteiger charge is -2.19. The highest BCUT2D eigenvalue weighted by molar-refractivity contribution is 5.91. The first-order valence-electron chi connectivity index (χ1n) is 11.1. The predicted octanol–water partition coefficient (Wildman–Crippen LogP) is 3.72. The Kier molecular flexibility index (Phi) is 5.39. The maximum atomic E-state index is 13.2. The lowest BCUT2D eigenvalue weighted by atomic mass is 10.1. The normalized spacial score (nSPS) is 13.0. The van der Waals surface area contributed by atoms with Crippen molar-refractivity contribution in [3.8, 4) is 11.5 Å². The largest absolute Gasteiger partial charge is 0.486 e. The van der Waals surface area contributed by atoms with Crippen LogP contribution in [0.4, 0.5) is 0 Å². The number of benzene rings is 1. The van der Waals surface area contributed by atoms with Gasteiger partial charge in [0.15, 0.2) is 11.5 Å². The molecule has 4 aromatic rings. The highest BCUT2D eigenvalue weighted by Crippen LogP contribution is 2.30. The molecule has 0 amide bonds. The Bertz CT molecular complexity index is 1420. The standard InChI is InChI=1S/C25H25N3O4/c1-2-3-4-9-27-10-7-20-18(24(27)29)15-19-21(26-20)8-11-28(25(19)30)16-17-5-6-22-23(14-17)32-13-12-31-22/h5-8,10-11,14-15H,2-4,9,12-13,16H2,1H3. The second kappa shape index (κ2) is 8.49. The summed E-state index contributed by atoms with van der Waals surface area (Å²) in [5.74, 6) is 1.41. The van der Waals surface area contributed by atoms with Gasteiger partial charge in [-0.15, -0.1) is 0 Å². The number of aromatic nitrogens is 3. The van der Waals surface area contributed by atoms with Crippen molar-refractivity contribution < 1.29 is 9.47 Å². The highest BCUT2D eigenvalue weighted by atomic mass is 16.6. The number of aryl methyl sites for hydroxylation is 1. The lowest BCUT2D eigenvalue weighted by Crippen LogP contribution is -2.23. The van der Waals surface area contributed by atoms with Crippen LogP contribution in [0.1, 0.15) is 31.7 Å². The Hall–Kier alpha value is -3.61. The van der Waals surface area contributed by atoms with Crippen molar-refractivity contribution in [2.45, 2.75) is 39.3 Å². The molecule has 0 spiro atoms. The molecule has 1 aliphatic rings. The zero-order chi connectivity index (χ0) is 22.1. The summed E-state index contributed by atoms with van der Waals surface area (Å²) in [5.41, 5.74) is 1.85. The van der Waals surface area contributed by atoms with Crippen LogP contribution in [0, 0.1) is 0 Å². The van der Waals surface area contributed by atoms with Crippen LogP contribution in [0.2, 0.25) is 0 Å². The molecule has 4 heterocycles. The van der Waals surface area contributed by atoms with Crippen molar-refractivity contribution in [3.05, 3.63) is 75.1 Å². The summed E-state index contributed by atoms with van der Waals surface area (Å²) in [7, 11) is 0. The number of pyridine rings is 3. The number of hydrogen-bond donors (Lipinski definition) is 0. The van der Waals surface area contributed by atoms with E-state index in [1.165, 1.54) is 0 Å². The maximum absolute atomic E-state index is 13.2. The molecule has 0 fully saturated rings. The van der Waals surface area contributed by atoms with E-state index in [0.29, 0.717) is 53.9 Å². The fraction of sp³-hybridized carbons (Fsp3) is 0.320. The third-order valence-corrected chi connectivity index (χ3v) is 5.85. The Balaban J connectivity index is 1.53. The van der Waals surface area contributed by atoms with Gasteiger partial charge < -0.3 is 18.6 Å². The molecule has 0 aliphatic carbocycles. The van der Waals surface area contributed by atoms with Crippen molar-refractivity contribution in [2.24, 2.45) is 0 Å². The van der Waals surface area contributed by atoms with Crippen LogP contribution < -0.4 is 20.6 Å². The Labute approximate surface area is 184 Å². The molecule has 3 aromatic heterocycles. The maximum Gasteiger partial charge on any atom is 0.260 e. The molecule has 7 heteroatoms. The van der Waals surface area contributed by atoms with Gasteiger partial charge in [0.2, 0.25) is 0 Å². The van der Waals surface area contributed by atoms with E-state index in [2.05, 4.69) is 11.9 Å². The van der Waals surface area contributed by atoms with E-state index in [-0.39, 0.29) is 11.1 Å². The van der Waals surface area contributed by atoms with Crippen LogP contribution in [0.25, 0.3) is 21.8 Å². The average Bonchev–Trinajstić information content (AvgIpc) is 2.82. The van der Waals surface area contributed by atoms with E-state index in [9.17, 15) is 9.59 Å². The highest BCUT2D eigenvalue weighted by Gasteiger charge is 2.13. The Morgan fingerprint density at radius 2 is 1.53 bits per heavy atom. The second-order valence-corrected chi connectivity index (χ2v) is 8.10. The molecule has 0 bridgehead atoms. The van der Waals surface area contributed by atoms with Gasteiger partial charge in [0, 0.05) is 18.9 Å². The van der Waals surface area contributed by atoms with E-state index < -0.39 is 0 Å². The zero-order valence-corrected chi connectivity index (χ0v) is 18.0. The van der Waals surface area contributed by atoms with Crippen molar-refractivity contribution in [3.63, 3.8) is 0 Å². The van der Waals surface area contributed by atoms with Crippen molar-refractivity contribution in [1.29, 1.82) is 0 Å². The van der Waals surface area contributed by atoms with Gasteiger partial charge in [0.05, 0.1) is 28.4 Å². The molecule has 5 rings (SSSR count). The van der Waals surface area contributed by atoms with Gasteiger partial charge in [-0.3, -0.25) is 9.59 Å². The summed E-state index contributed by atoms with van der Waals surface area (Å²) < 4.78 is 14.6. The molecule has 0 unspecified atom stereocenters. The minimum absolute atomic E-state index is 0.102. The molecule has 0 saturated heterocycles. The van der Waals surface area contributed by atoms with E-state index in [4.69, 9.17) is 9.47 Å². The molecule has 0 atom stereocenters. The molecule has 0 radical (unpaired) electrons. The lowest BCUT2D eigenvalue weighted by molar-refractivity contribution is 0.171. The predicted molar refractivity (Wildman–Crippen MR) is 124 cm³/mol. The van der Waals surface area contributed by atoms with Crippen LogP contribution >= 0.6 is 0 Å². The molecule has 7 nitrogen and oxygen atoms in total. The first-order chi connectivity index (χ1) is 15.6. The van der Waals surface area contributed by atoms with Gasteiger partial charge in [0.25, 0.3) is 11.1 Å². The second-order valence-electron chi connectivity index (χ2n) is 8.10. The number of ether oxygens (including phenoxy) is 2. The minimum Gasteiger partial charge on any atom is -0.486 e. The first kappa shape index (κ1) is 20.3. The van der Waals surface area contributed by atoms with Crippen LogP contribution in [0.3, 0.4) is 0 Å². The summed E-state index contributed by atoms with van der Waals surface area (Å²) in [6, 6.07) is 11.1. The smallest absolute Gasteiger partial charge is 0.260 e. The minimum atomic E-state index is -0.174. The molecule has 0 N–H and O–H groups in total. The number of nitrogens with zero attached hydrogens (tertiary/aromatic N) is 3. The summed E-state index contributed by atoms with van der Waals surface area (Å²) in [6.45, 7) is 4.25. The molecule has 164 valence electrons. The van der Waals surface area contributed by atoms with Crippen LogP contribution in [-0.4, -0.2) is 27.3 Å². The van der Waals surface area contributed by atoms with E-state index in [0.717, 1.165) is 30.6 Å². The first-order valence-corrected chi connectivity index (χ1v) is 11.1. The van der Waals surface area contributed by atoms with Gasteiger partial charge in [-0.1, -0.05) is 25.8 Å². The van der Waals surface area contributed by atoms with E-state index >= 15 is 0 Å². The molecule has 1 aliphatic heterocycles. The van der Waals surface area contributed by atoms with Crippen molar-refractivity contribution in [1.82, 2.24) is 14.1 Å². The number of rotatable bonds is 6. The molecule has 32 heavy (non-hydrogen) atoms. The summed E-state index contributed by atoms with van der Waals surface area (Å²) in [4.78, 5) is 30.8. The van der Waals surface area contributed by atoms with Gasteiger partial charge in [0.1, 0.15) is 13.2 Å². The molecular formula is C25H25N3O4. The molecule has 0 saturated carbocycles. The zero-order valence-electron chi connectivity index (χ0n) is 18.0. The van der Waals surface area contributed by atoms with Crippen molar-refractivity contribution >= 4 is 21.8 Å². The van der Waals surface area contributed by atoms with E-state index in [1.807, 2.05) is 30.3 Å². The third-order valence-electron chi connectivity index (χ3n) is 5.85. The SMILES string of the molecule is CCCCCn1ccc2nc3ccn(Cc4ccc5c(c4)OCCO5)c(=O)c3cc2c1=O. The summed E-state index contributed by atoms with van der Waals surface area (Å²) in [5, 5.41) is 0.923. The Morgan fingerprint density at radius 1 is 0.844 bits per heavy atom. The fourth-order valence-electron chi connectivity index (χ4n) is 4.12. The average molecular weight is 431 g/mol. The molecule has 1 aromatic carbocycles. The number of hydrogen-bond acceptors (Lipinski definition) is 5. The quantitative estimate of drug-likeness (QED) is 0.344. The number of fused-ring (bicyclic) bond motifs is 3. The van der Waals surface area contributed by atoms with Gasteiger partial charge in [-0.2, -0.15) is 0 Å². The third kappa shape index (κ3) is 3.75. The van der Waals surface area contributed by atoms with Gasteiger partial charge in [-0.05, 0) is 42.3 Å². The monoisotopic (exact) mass is 431 g/mol. The number of unbranched alkanes of at least 4 members (excludes halogenated alkanes) is 2. The van der Waals surface area contributed by atoms with Crippen LogP contribution in [-0.2, 0) is 13.1 Å². The van der Waals surface area contributed by atoms with Gasteiger partial charge >= 0.3 is 0 Å². The van der Waals surface area contributed by atoms with Crippen LogP contribution in [0.5, 0.6) is 11.5 Å².